The van der Waals surface area contributed by atoms with E-state index in [1.54, 1.807) is 31.5 Å². The summed E-state index contributed by atoms with van der Waals surface area (Å²) in [4.78, 5) is 34.2. The van der Waals surface area contributed by atoms with Gasteiger partial charge in [0.2, 0.25) is 5.91 Å². The van der Waals surface area contributed by atoms with Crippen LogP contribution in [-0.2, 0) is 17.8 Å². The molecule has 152 valence electrons. The molecule has 30 heavy (non-hydrogen) atoms. The third-order valence-corrected chi connectivity index (χ3v) is 5.51. The molecule has 0 fully saturated rings. The SMILES string of the molecule is CCc1nc2c(-c3ccncc3)nsc2c(=O)n1CC(=O)Nc1ccc(C)c(F)c1. The topological polar surface area (TPSA) is 89.8 Å². The van der Waals surface area contributed by atoms with Crippen molar-refractivity contribution >= 4 is 33.3 Å². The molecular weight excluding hydrogens is 405 g/mol. The van der Waals surface area contributed by atoms with Gasteiger partial charge in [0.25, 0.3) is 5.56 Å². The lowest BCUT2D eigenvalue weighted by molar-refractivity contribution is -0.116. The fourth-order valence-corrected chi connectivity index (χ4v) is 3.90. The number of fused-ring (bicyclic) bond motifs is 1. The summed E-state index contributed by atoms with van der Waals surface area (Å²) < 4.78 is 19.9. The average Bonchev–Trinajstić information content (AvgIpc) is 3.17. The Balaban J connectivity index is 1.69. The van der Waals surface area contributed by atoms with Gasteiger partial charge in [-0.1, -0.05) is 13.0 Å². The number of nitrogens with one attached hydrogen (secondary N) is 1. The summed E-state index contributed by atoms with van der Waals surface area (Å²) in [5.74, 6) is -0.362. The summed E-state index contributed by atoms with van der Waals surface area (Å²) in [7, 11) is 0. The van der Waals surface area contributed by atoms with Gasteiger partial charge in [-0.15, -0.1) is 0 Å². The lowest BCUT2D eigenvalue weighted by atomic mass is 10.2. The Labute approximate surface area is 175 Å². The van der Waals surface area contributed by atoms with Crippen molar-refractivity contribution in [2.24, 2.45) is 0 Å². The van der Waals surface area contributed by atoms with Gasteiger partial charge in [0.1, 0.15) is 34.1 Å². The van der Waals surface area contributed by atoms with Crippen LogP contribution in [0.3, 0.4) is 0 Å². The summed E-state index contributed by atoms with van der Waals surface area (Å²) in [6, 6.07) is 8.07. The number of anilines is 1. The largest absolute Gasteiger partial charge is 0.324 e. The molecule has 3 aromatic heterocycles. The van der Waals surface area contributed by atoms with E-state index < -0.39 is 11.7 Å². The van der Waals surface area contributed by atoms with Gasteiger partial charge in [-0.3, -0.25) is 19.1 Å². The normalized spacial score (nSPS) is 11.0. The van der Waals surface area contributed by atoms with Gasteiger partial charge < -0.3 is 5.32 Å². The van der Waals surface area contributed by atoms with Crippen molar-refractivity contribution in [3.63, 3.8) is 0 Å². The Morgan fingerprint density at radius 3 is 2.70 bits per heavy atom. The van der Waals surface area contributed by atoms with E-state index in [0.717, 1.165) is 17.1 Å². The second-order valence-corrected chi connectivity index (χ2v) is 7.50. The van der Waals surface area contributed by atoms with Crippen LogP contribution in [0.2, 0.25) is 0 Å². The molecule has 0 bridgehead atoms. The molecule has 0 spiro atoms. The number of hydrogen-bond donors (Lipinski definition) is 1. The first-order valence-electron chi connectivity index (χ1n) is 9.33. The van der Waals surface area contributed by atoms with Crippen molar-refractivity contribution < 1.29 is 9.18 Å². The van der Waals surface area contributed by atoms with Gasteiger partial charge in [-0.2, -0.15) is 4.37 Å². The van der Waals surface area contributed by atoms with E-state index in [-0.39, 0.29) is 12.1 Å². The molecule has 0 saturated heterocycles. The van der Waals surface area contributed by atoms with Crippen molar-refractivity contribution in [2.45, 2.75) is 26.8 Å². The number of benzene rings is 1. The Bertz CT molecular complexity index is 1300. The number of pyridine rings is 1. The third kappa shape index (κ3) is 3.71. The van der Waals surface area contributed by atoms with Crippen molar-refractivity contribution in [3.05, 3.63) is 70.3 Å². The highest BCUT2D eigenvalue weighted by molar-refractivity contribution is 7.13. The highest BCUT2D eigenvalue weighted by Crippen LogP contribution is 2.27. The van der Waals surface area contributed by atoms with Crippen LogP contribution in [0.1, 0.15) is 18.3 Å². The molecule has 3 heterocycles. The molecule has 4 aromatic rings. The Hall–Kier alpha value is -3.46. The van der Waals surface area contributed by atoms with Crippen molar-refractivity contribution in [3.8, 4) is 11.3 Å². The zero-order chi connectivity index (χ0) is 21.3. The number of carbonyl (C=O) groups excluding carboxylic acids is 1. The van der Waals surface area contributed by atoms with Gasteiger partial charge in [0.15, 0.2) is 0 Å². The van der Waals surface area contributed by atoms with Gasteiger partial charge >= 0.3 is 0 Å². The van der Waals surface area contributed by atoms with Gasteiger partial charge in [0.05, 0.1) is 0 Å². The van der Waals surface area contributed by atoms with E-state index in [2.05, 4.69) is 19.7 Å². The van der Waals surface area contributed by atoms with Crippen LogP contribution >= 0.6 is 11.5 Å². The molecule has 0 radical (unpaired) electrons. The monoisotopic (exact) mass is 423 g/mol. The van der Waals surface area contributed by atoms with Crippen LogP contribution in [-0.4, -0.2) is 24.8 Å². The number of aromatic nitrogens is 4. The van der Waals surface area contributed by atoms with Crippen molar-refractivity contribution in [1.82, 2.24) is 18.9 Å². The molecule has 1 aromatic carbocycles. The molecule has 1 N–H and O–H groups in total. The lowest BCUT2D eigenvalue weighted by Gasteiger charge is -2.12. The molecule has 9 heteroatoms. The predicted molar refractivity (Wildman–Crippen MR) is 114 cm³/mol. The summed E-state index contributed by atoms with van der Waals surface area (Å²) in [6.45, 7) is 3.29. The van der Waals surface area contributed by atoms with E-state index in [9.17, 15) is 14.0 Å². The van der Waals surface area contributed by atoms with Crippen LogP contribution in [0, 0.1) is 12.7 Å². The summed E-state index contributed by atoms with van der Waals surface area (Å²) in [5, 5.41) is 2.63. The Kier molecular flexibility index (Phi) is 5.37. The zero-order valence-corrected chi connectivity index (χ0v) is 17.2. The molecule has 0 aliphatic heterocycles. The first-order chi connectivity index (χ1) is 14.5. The third-order valence-electron chi connectivity index (χ3n) is 4.69. The molecule has 0 aliphatic rings. The van der Waals surface area contributed by atoms with E-state index in [1.165, 1.54) is 10.6 Å². The first-order valence-corrected chi connectivity index (χ1v) is 10.1. The molecular formula is C21H18FN5O2S. The fourth-order valence-electron chi connectivity index (χ4n) is 3.11. The molecule has 7 nitrogen and oxygen atoms in total. The Morgan fingerprint density at radius 1 is 1.23 bits per heavy atom. The quantitative estimate of drug-likeness (QED) is 0.530. The second kappa shape index (κ2) is 8.11. The summed E-state index contributed by atoms with van der Waals surface area (Å²) >= 11 is 1.06. The fraction of sp³-hybridized carbons (Fsp3) is 0.190. The van der Waals surface area contributed by atoms with Crippen LogP contribution in [0.5, 0.6) is 0 Å². The van der Waals surface area contributed by atoms with Crippen LogP contribution in [0.15, 0.2) is 47.5 Å². The molecule has 0 aliphatic carbocycles. The number of carbonyl (C=O) groups is 1. The van der Waals surface area contributed by atoms with E-state index in [4.69, 9.17) is 0 Å². The number of nitrogens with zero attached hydrogens (tertiary/aromatic N) is 4. The standard InChI is InChI=1S/C21H18FN5O2S/c1-3-16-25-19-18(13-6-8-23-9-7-13)26-30-20(19)21(29)27(16)11-17(28)24-14-5-4-12(2)15(22)10-14/h4-10H,3,11H2,1-2H3,(H,24,28). The molecule has 0 saturated carbocycles. The van der Waals surface area contributed by atoms with Gasteiger partial charge in [-0.25, -0.2) is 9.37 Å². The first kappa shape index (κ1) is 19.8. The average molecular weight is 423 g/mol. The number of aryl methyl sites for hydroxylation is 2. The van der Waals surface area contributed by atoms with Crippen LogP contribution in [0.25, 0.3) is 21.5 Å². The van der Waals surface area contributed by atoms with Gasteiger partial charge in [0, 0.05) is 30.1 Å². The van der Waals surface area contributed by atoms with Crippen molar-refractivity contribution in [1.29, 1.82) is 0 Å². The lowest BCUT2D eigenvalue weighted by Crippen LogP contribution is -2.30. The number of rotatable bonds is 5. The number of halogens is 1. The molecule has 0 atom stereocenters. The maximum atomic E-state index is 13.7. The molecule has 1 amide bonds. The number of hydrogen-bond acceptors (Lipinski definition) is 6. The summed E-state index contributed by atoms with van der Waals surface area (Å²) in [5.41, 5.74) is 2.46. The minimum atomic E-state index is -0.435. The number of amides is 1. The maximum absolute atomic E-state index is 13.7. The van der Waals surface area contributed by atoms with E-state index in [1.807, 2.05) is 19.1 Å². The highest BCUT2D eigenvalue weighted by Gasteiger charge is 2.19. The van der Waals surface area contributed by atoms with Gasteiger partial charge in [-0.05, 0) is 48.3 Å². The molecule has 0 unspecified atom stereocenters. The maximum Gasteiger partial charge on any atom is 0.273 e. The Morgan fingerprint density at radius 2 is 2.00 bits per heavy atom. The van der Waals surface area contributed by atoms with Crippen molar-refractivity contribution in [2.75, 3.05) is 5.32 Å². The van der Waals surface area contributed by atoms with Crippen LogP contribution in [0.4, 0.5) is 10.1 Å². The predicted octanol–water partition coefficient (Wildman–Crippen LogP) is 3.56. The van der Waals surface area contributed by atoms with E-state index in [0.29, 0.717) is 39.4 Å². The van der Waals surface area contributed by atoms with Crippen LogP contribution < -0.4 is 10.9 Å². The minimum absolute atomic E-state index is 0.219. The smallest absolute Gasteiger partial charge is 0.273 e. The van der Waals surface area contributed by atoms with E-state index >= 15 is 0 Å². The summed E-state index contributed by atoms with van der Waals surface area (Å²) in [6.07, 6.45) is 3.77. The minimum Gasteiger partial charge on any atom is -0.324 e. The highest BCUT2D eigenvalue weighted by atomic mass is 32.1. The zero-order valence-electron chi connectivity index (χ0n) is 16.3. The second-order valence-electron chi connectivity index (χ2n) is 6.73. The molecule has 4 rings (SSSR count).